The largest absolute Gasteiger partial charge is 0.294 e. The van der Waals surface area contributed by atoms with Crippen molar-refractivity contribution >= 4 is 44.9 Å². The molecular formula is C13H8BrCl2NO. The van der Waals surface area contributed by atoms with E-state index in [1.807, 2.05) is 0 Å². The summed E-state index contributed by atoms with van der Waals surface area (Å²) in [6.45, 7) is 0. The molecule has 1 aromatic carbocycles. The summed E-state index contributed by atoms with van der Waals surface area (Å²) in [5, 5.41) is 1.01. The van der Waals surface area contributed by atoms with Gasteiger partial charge in [-0.1, -0.05) is 39.1 Å². The first-order valence-electron chi connectivity index (χ1n) is 5.14. The molecule has 0 saturated carbocycles. The first kappa shape index (κ1) is 13.5. The lowest BCUT2D eigenvalue weighted by molar-refractivity contribution is 0.0993. The molecule has 92 valence electrons. The van der Waals surface area contributed by atoms with Gasteiger partial charge in [-0.05, 0) is 29.8 Å². The fourth-order valence-corrected chi connectivity index (χ4v) is 2.58. The second-order valence-corrected chi connectivity index (χ2v) is 5.48. The van der Waals surface area contributed by atoms with Gasteiger partial charge >= 0.3 is 0 Å². The van der Waals surface area contributed by atoms with Crippen LogP contribution in [0.2, 0.25) is 10.0 Å². The van der Waals surface area contributed by atoms with Gasteiger partial charge in [-0.3, -0.25) is 9.78 Å². The summed E-state index contributed by atoms with van der Waals surface area (Å²) in [4.78, 5) is 16.0. The van der Waals surface area contributed by atoms with Crippen molar-refractivity contribution in [2.45, 2.75) is 6.42 Å². The molecule has 2 rings (SSSR count). The number of carbonyl (C=O) groups excluding carboxylic acids is 1. The average Bonchev–Trinajstić information content (AvgIpc) is 2.31. The van der Waals surface area contributed by atoms with Gasteiger partial charge in [0.15, 0.2) is 5.78 Å². The lowest BCUT2D eigenvalue weighted by Crippen LogP contribution is -2.04. The van der Waals surface area contributed by atoms with E-state index in [0.717, 1.165) is 10.0 Å². The highest BCUT2D eigenvalue weighted by atomic mass is 79.9. The SMILES string of the molecule is O=C(Cc1ccncc1Cl)c1cc(Cl)cc(Br)c1. The molecule has 0 N–H and O–H groups in total. The van der Waals surface area contributed by atoms with E-state index in [2.05, 4.69) is 20.9 Å². The average molecular weight is 345 g/mol. The number of carbonyl (C=O) groups is 1. The van der Waals surface area contributed by atoms with Gasteiger partial charge in [0.05, 0.1) is 5.02 Å². The Labute approximate surface area is 123 Å². The van der Waals surface area contributed by atoms with E-state index in [0.29, 0.717) is 15.6 Å². The third-order valence-corrected chi connectivity index (χ3v) is 3.41. The van der Waals surface area contributed by atoms with Crippen LogP contribution in [-0.2, 0) is 6.42 Å². The van der Waals surface area contributed by atoms with Gasteiger partial charge in [0.1, 0.15) is 0 Å². The monoisotopic (exact) mass is 343 g/mol. The third kappa shape index (κ3) is 3.31. The summed E-state index contributed by atoms with van der Waals surface area (Å²) < 4.78 is 0.777. The number of hydrogen-bond donors (Lipinski definition) is 0. The molecule has 0 saturated heterocycles. The number of hydrogen-bond acceptors (Lipinski definition) is 2. The normalized spacial score (nSPS) is 10.4. The number of halogens is 3. The summed E-state index contributed by atoms with van der Waals surface area (Å²) >= 11 is 15.2. The molecular weight excluding hydrogens is 337 g/mol. The number of benzene rings is 1. The van der Waals surface area contributed by atoms with E-state index in [1.165, 1.54) is 6.20 Å². The minimum absolute atomic E-state index is 0.0358. The standard InChI is InChI=1S/C13H8BrCl2NO/c14-10-3-9(4-11(15)6-10)13(18)5-8-1-2-17-7-12(8)16/h1-4,6-7H,5H2. The van der Waals surface area contributed by atoms with Crippen molar-refractivity contribution in [3.63, 3.8) is 0 Å². The number of pyridine rings is 1. The molecule has 0 aliphatic rings. The molecule has 0 atom stereocenters. The maximum Gasteiger partial charge on any atom is 0.167 e. The predicted octanol–water partition coefficient (Wildman–Crippen LogP) is 4.58. The Morgan fingerprint density at radius 1 is 1.28 bits per heavy atom. The van der Waals surface area contributed by atoms with E-state index >= 15 is 0 Å². The highest BCUT2D eigenvalue weighted by Crippen LogP contribution is 2.22. The van der Waals surface area contributed by atoms with Crippen LogP contribution < -0.4 is 0 Å². The summed E-state index contributed by atoms with van der Waals surface area (Å²) in [6.07, 6.45) is 3.37. The predicted molar refractivity (Wildman–Crippen MR) is 76.4 cm³/mol. The van der Waals surface area contributed by atoms with Gasteiger partial charge in [0, 0.05) is 33.9 Å². The van der Waals surface area contributed by atoms with E-state index in [4.69, 9.17) is 23.2 Å². The van der Waals surface area contributed by atoms with E-state index in [1.54, 1.807) is 30.5 Å². The fraction of sp³-hybridized carbons (Fsp3) is 0.0769. The maximum absolute atomic E-state index is 12.1. The molecule has 0 fully saturated rings. The van der Waals surface area contributed by atoms with Gasteiger partial charge in [-0.2, -0.15) is 0 Å². The van der Waals surface area contributed by atoms with Crippen LogP contribution in [-0.4, -0.2) is 10.8 Å². The zero-order valence-corrected chi connectivity index (χ0v) is 12.3. The van der Waals surface area contributed by atoms with Gasteiger partial charge < -0.3 is 0 Å². The lowest BCUT2D eigenvalue weighted by Gasteiger charge is -2.04. The van der Waals surface area contributed by atoms with Crippen LogP contribution in [0.15, 0.2) is 41.1 Å². The van der Waals surface area contributed by atoms with Crippen LogP contribution in [0.25, 0.3) is 0 Å². The van der Waals surface area contributed by atoms with Crippen LogP contribution in [0.3, 0.4) is 0 Å². The molecule has 0 unspecified atom stereocenters. The first-order chi connectivity index (χ1) is 8.56. The molecule has 0 amide bonds. The zero-order chi connectivity index (χ0) is 13.1. The number of nitrogens with zero attached hydrogens (tertiary/aromatic N) is 1. The number of rotatable bonds is 3. The van der Waals surface area contributed by atoms with Crippen LogP contribution >= 0.6 is 39.1 Å². The molecule has 18 heavy (non-hydrogen) atoms. The van der Waals surface area contributed by atoms with E-state index in [-0.39, 0.29) is 12.2 Å². The molecule has 1 aromatic heterocycles. The second kappa shape index (κ2) is 5.83. The molecule has 0 spiro atoms. The lowest BCUT2D eigenvalue weighted by atomic mass is 10.0. The minimum atomic E-state index is -0.0358. The van der Waals surface area contributed by atoms with Gasteiger partial charge in [0.25, 0.3) is 0 Å². The van der Waals surface area contributed by atoms with Crippen molar-refractivity contribution in [2.24, 2.45) is 0 Å². The third-order valence-electron chi connectivity index (χ3n) is 2.39. The van der Waals surface area contributed by atoms with Gasteiger partial charge in [0.2, 0.25) is 0 Å². The Balaban J connectivity index is 2.25. The maximum atomic E-state index is 12.1. The molecule has 2 nitrogen and oxygen atoms in total. The second-order valence-electron chi connectivity index (χ2n) is 3.73. The number of aromatic nitrogens is 1. The van der Waals surface area contributed by atoms with Crippen molar-refractivity contribution in [1.29, 1.82) is 0 Å². The summed E-state index contributed by atoms with van der Waals surface area (Å²) in [7, 11) is 0. The van der Waals surface area contributed by atoms with Crippen LogP contribution in [0, 0.1) is 0 Å². The van der Waals surface area contributed by atoms with Crippen LogP contribution in [0.4, 0.5) is 0 Å². The Kier molecular flexibility index (Phi) is 4.38. The van der Waals surface area contributed by atoms with Gasteiger partial charge in [-0.15, -0.1) is 0 Å². The summed E-state index contributed by atoms with van der Waals surface area (Å²) in [5.41, 5.74) is 1.31. The Morgan fingerprint density at radius 3 is 2.72 bits per heavy atom. The van der Waals surface area contributed by atoms with Crippen LogP contribution in [0.5, 0.6) is 0 Å². The zero-order valence-electron chi connectivity index (χ0n) is 9.16. The van der Waals surface area contributed by atoms with Crippen molar-refractivity contribution in [2.75, 3.05) is 0 Å². The van der Waals surface area contributed by atoms with Crippen molar-refractivity contribution in [1.82, 2.24) is 4.98 Å². The Hall–Kier alpha value is -0.900. The molecule has 0 aliphatic carbocycles. The van der Waals surface area contributed by atoms with E-state index in [9.17, 15) is 4.79 Å². The van der Waals surface area contributed by atoms with E-state index < -0.39 is 0 Å². The number of ketones is 1. The molecule has 0 bridgehead atoms. The first-order valence-corrected chi connectivity index (χ1v) is 6.69. The van der Waals surface area contributed by atoms with Crippen molar-refractivity contribution in [3.8, 4) is 0 Å². The topological polar surface area (TPSA) is 30.0 Å². The quantitative estimate of drug-likeness (QED) is 0.763. The molecule has 5 heteroatoms. The molecule has 0 aliphatic heterocycles. The summed E-state index contributed by atoms with van der Waals surface area (Å²) in [5.74, 6) is -0.0358. The highest BCUT2D eigenvalue weighted by molar-refractivity contribution is 9.10. The molecule has 1 heterocycles. The van der Waals surface area contributed by atoms with Crippen molar-refractivity contribution < 1.29 is 4.79 Å². The van der Waals surface area contributed by atoms with Gasteiger partial charge in [-0.25, -0.2) is 0 Å². The fourth-order valence-electron chi connectivity index (χ4n) is 1.54. The smallest absolute Gasteiger partial charge is 0.167 e. The molecule has 0 radical (unpaired) electrons. The Bertz CT molecular complexity index is 581. The number of Topliss-reactive ketones (excluding diaryl/α,β-unsaturated/α-hetero) is 1. The highest BCUT2D eigenvalue weighted by Gasteiger charge is 2.11. The summed E-state index contributed by atoms with van der Waals surface area (Å²) in [6, 6.07) is 6.85. The molecule has 2 aromatic rings. The Morgan fingerprint density at radius 2 is 2.06 bits per heavy atom. The van der Waals surface area contributed by atoms with Crippen LogP contribution in [0.1, 0.15) is 15.9 Å². The van der Waals surface area contributed by atoms with Crippen molar-refractivity contribution in [3.05, 3.63) is 62.3 Å². The minimum Gasteiger partial charge on any atom is -0.294 e.